The maximum absolute atomic E-state index is 12.4. The van der Waals surface area contributed by atoms with E-state index in [1.807, 2.05) is 6.92 Å². The molecule has 0 radical (unpaired) electrons. The molecule has 3 rings (SSSR count). The molecular weight excluding hydrogens is 389 g/mol. The average molecular weight is 406 g/mol. The standard InChI is InChI=1S/C19H17Cl2N3O3/c1-12-15(21)6-3-7-16(12)24-11-23(10-18(24)26)17(25)9-22-19(27)13-4-2-5-14(20)8-13/h2-8H,9-11H2,1H3,(H,22,27). The molecule has 0 unspecified atom stereocenters. The number of hydrogen-bond acceptors (Lipinski definition) is 3. The maximum Gasteiger partial charge on any atom is 0.251 e. The minimum absolute atomic E-state index is 0.0438. The van der Waals surface area contributed by atoms with E-state index in [1.165, 1.54) is 15.9 Å². The van der Waals surface area contributed by atoms with Gasteiger partial charge in [0, 0.05) is 21.3 Å². The van der Waals surface area contributed by atoms with Crippen molar-refractivity contribution in [2.45, 2.75) is 6.92 Å². The van der Waals surface area contributed by atoms with E-state index in [0.29, 0.717) is 21.3 Å². The van der Waals surface area contributed by atoms with Gasteiger partial charge in [-0.05, 0) is 42.8 Å². The van der Waals surface area contributed by atoms with Gasteiger partial charge >= 0.3 is 0 Å². The monoisotopic (exact) mass is 405 g/mol. The van der Waals surface area contributed by atoms with Crippen LogP contribution in [-0.2, 0) is 9.59 Å². The molecule has 1 aliphatic rings. The zero-order valence-electron chi connectivity index (χ0n) is 14.5. The molecule has 2 aromatic carbocycles. The molecular formula is C19H17Cl2N3O3. The van der Waals surface area contributed by atoms with Crippen LogP contribution in [0.1, 0.15) is 15.9 Å². The van der Waals surface area contributed by atoms with Gasteiger partial charge in [0.1, 0.15) is 13.2 Å². The Morgan fingerprint density at radius 2 is 1.89 bits per heavy atom. The van der Waals surface area contributed by atoms with E-state index >= 15 is 0 Å². The highest BCUT2D eigenvalue weighted by atomic mass is 35.5. The first-order chi connectivity index (χ1) is 12.9. The predicted molar refractivity (Wildman–Crippen MR) is 104 cm³/mol. The summed E-state index contributed by atoms with van der Waals surface area (Å²) in [5.74, 6) is -0.949. The third-order valence-electron chi connectivity index (χ3n) is 4.31. The highest BCUT2D eigenvalue weighted by Gasteiger charge is 2.32. The number of halogens is 2. The number of nitrogens with zero attached hydrogens (tertiary/aromatic N) is 2. The number of anilines is 1. The highest BCUT2D eigenvalue weighted by Crippen LogP contribution is 2.28. The molecule has 0 aromatic heterocycles. The number of benzene rings is 2. The molecule has 0 aliphatic carbocycles. The molecule has 1 heterocycles. The molecule has 27 heavy (non-hydrogen) atoms. The lowest BCUT2D eigenvalue weighted by molar-refractivity contribution is -0.130. The largest absolute Gasteiger partial charge is 0.343 e. The Morgan fingerprint density at radius 1 is 1.15 bits per heavy atom. The summed E-state index contributed by atoms with van der Waals surface area (Å²) < 4.78 is 0. The maximum atomic E-state index is 12.4. The van der Waals surface area contributed by atoms with Crippen LogP contribution >= 0.6 is 23.2 Å². The van der Waals surface area contributed by atoms with Crippen molar-refractivity contribution in [3.05, 3.63) is 63.6 Å². The molecule has 0 bridgehead atoms. The first-order valence-corrected chi connectivity index (χ1v) is 8.99. The van der Waals surface area contributed by atoms with E-state index in [4.69, 9.17) is 23.2 Å². The molecule has 1 saturated heterocycles. The zero-order chi connectivity index (χ0) is 19.6. The van der Waals surface area contributed by atoms with Gasteiger partial charge in [-0.25, -0.2) is 0 Å². The topological polar surface area (TPSA) is 69.7 Å². The summed E-state index contributed by atoms with van der Waals surface area (Å²) in [4.78, 5) is 39.8. The lowest BCUT2D eigenvalue weighted by Gasteiger charge is -2.20. The molecule has 0 spiro atoms. The molecule has 2 aromatic rings. The van der Waals surface area contributed by atoms with Crippen LogP contribution in [0.3, 0.4) is 0 Å². The lowest BCUT2D eigenvalue weighted by atomic mass is 10.2. The summed E-state index contributed by atoms with van der Waals surface area (Å²) in [6.07, 6.45) is 0. The fraction of sp³-hybridized carbons (Fsp3) is 0.211. The average Bonchev–Trinajstić information content (AvgIpc) is 3.03. The van der Waals surface area contributed by atoms with E-state index in [-0.39, 0.29) is 31.6 Å². The number of carbonyl (C=O) groups excluding carboxylic acids is 3. The van der Waals surface area contributed by atoms with Gasteiger partial charge in [-0.3, -0.25) is 19.3 Å². The third kappa shape index (κ3) is 4.23. The minimum atomic E-state index is -0.404. The van der Waals surface area contributed by atoms with E-state index in [0.717, 1.165) is 5.56 Å². The third-order valence-corrected chi connectivity index (χ3v) is 4.95. The first-order valence-electron chi connectivity index (χ1n) is 8.24. The molecule has 0 saturated carbocycles. The normalized spacial score (nSPS) is 13.8. The molecule has 1 aliphatic heterocycles. The van der Waals surface area contributed by atoms with Crippen LogP contribution in [0.25, 0.3) is 0 Å². The summed E-state index contributed by atoms with van der Waals surface area (Å²) in [5.41, 5.74) is 1.81. The molecule has 8 heteroatoms. The van der Waals surface area contributed by atoms with Gasteiger partial charge in [-0.2, -0.15) is 0 Å². The van der Waals surface area contributed by atoms with Crippen molar-refractivity contribution in [1.29, 1.82) is 0 Å². The quantitative estimate of drug-likeness (QED) is 0.849. The smallest absolute Gasteiger partial charge is 0.251 e. The number of hydrogen-bond donors (Lipinski definition) is 1. The van der Waals surface area contributed by atoms with Gasteiger partial charge in [-0.15, -0.1) is 0 Å². The van der Waals surface area contributed by atoms with Gasteiger partial charge in [0.2, 0.25) is 11.8 Å². The minimum Gasteiger partial charge on any atom is -0.343 e. The molecule has 0 atom stereocenters. The van der Waals surface area contributed by atoms with Crippen LogP contribution in [0.5, 0.6) is 0 Å². The van der Waals surface area contributed by atoms with Crippen molar-refractivity contribution in [2.75, 3.05) is 24.7 Å². The van der Waals surface area contributed by atoms with E-state index in [9.17, 15) is 14.4 Å². The number of carbonyl (C=O) groups is 3. The SMILES string of the molecule is Cc1c(Cl)cccc1N1CN(C(=O)CNC(=O)c2cccc(Cl)c2)CC1=O. The van der Waals surface area contributed by atoms with Crippen molar-refractivity contribution in [3.63, 3.8) is 0 Å². The molecule has 1 N–H and O–H groups in total. The zero-order valence-corrected chi connectivity index (χ0v) is 16.0. The van der Waals surface area contributed by atoms with Crippen LogP contribution in [-0.4, -0.2) is 42.4 Å². The molecule has 1 fully saturated rings. The van der Waals surface area contributed by atoms with E-state index in [1.54, 1.807) is 36.4 Å². The van der Waals surface area contributed by atoms with Crippen LogP contribution in [0.4, 0.5) is 5.69 Å². The van der Waals surface area contributed by atoms with Crippen LogP contribution < -0.4 is 10.2 Å². The number of rotatable bonds is 4. The van der Waals surface area contributed by atoms with Crippen LogP contribution in [0.2, 0.25) is 10.0 Å². The predicted octanol–water partition coefficient (Wildman–Crippen LogP) is 2.86. The summed E-state index contributed by atoms with van der Waals surface area (Å²) >= 11 is 12.0. The Kier molecular flexibility index (Phi) is 5.68. The highest BCUT2D eigenvalue weighted by molar-refractivity contribution is 6.32. The van der Waals surface area contributed by atoms with Gasteiger partial charge in [-0.1, -0.05) is 35.3 Å². The molecule has 6 nitrogen and oxygen atoms in total. The van der Waals surface area contributed by atoms with Crippen molar-refractivity contribution >= 4 is 46.6 Å². The summed E-state index contributed by atoms with van der Waals surface area (Å²) in [5, 5.41) is 3.54. The number of amides is 3. The lowest BCUT2D eigenvalue weighted by Crippen LogP contribution is -2.40. The number of nitrogens with one attached hydrogen (secondary N) is 1. The Morgan fingerprint density at radius 3 is 2.63 bits per heavy atom. The molecule has 3 amide bonds. The van der Waals surface area contributed by atoms with Crippen molar-refractivity contribution in [3.8, 4) is 0 Å². The second-order valence-corrected chi connectivity index (χ2v) is 6.98. The van der Waals surface area contributed by atoms with Gasteiger partial charge in [0.05, 0.1) is 6.54 Å². The van der Waals surface area contributed by atoms with Crippen molar-refractivity contribution in [2.24, 2.45) is 0 Å². The second-order valence-electron chi connectivity index (χ2n) is 6.13. The summed E-state index contributed by atoms with van der Waals surface area (Å²) in [6, 6.07) is 11.7. The Bertz CT molecular complexity index is 917. The summed E-state index contributed by atoms with van der Waals surface area (Å²) in [6.45, 7) is 1.69. The van der Waals surface area contributed by atoms with E-state index < -0.39 is 5.91 Å². The van der Waals surface area contributed by atoms with Gasteiger partial charge in [0.25, 0.3) is 5.91 Å². The van der Waals surface area contributed by atoms with Crippen molar-refractivity contribution < 1.29 is 14.4 Å². The Labute approximate surface area is 166 Å². The fourth-order valence-electron chi connectivity index (χ4n) is 2.81. The van der Waals surface area contributed by atoms with Gasteiger partial charge in [0.15, 0.2) is 0 Å². The second kappa shape index (κ2) is 7.98. The first kappa shape index (κ1) is 19.2. The Balaban J connectivity index is 1.62. The Hall–Kier alpha value is -2.57. The summed E-state index contributed by atoms with van der Waals surface area (Å²) in [7, 11) is 0. The fourth-order valence-corrected chi connectivity index (χ4v) is 3.17. The molecule has 140 valence electrons. The van der Waals surface area contributed by atoms with Crippen molar-refractivity contribution in [1.82, 2.24) is 10.2 Å². The van der Waals surface area contributed by atoms with Gasteiger partial charge < -0.3 is 10.2 Å². The van der Waals surface area contributed by atoms with Crippen LogP contribution in [0, 0.1) is 6.92 Å². The van der Waals surface area contributed by atoms with Crippen LogP contribution in [0.15, 0.2) is 42.5 Å². The van der Waals surface area contributed by atoms with E-state index in [2.05, 4.69) is 5.32 Å².